The molecule has 2 N–H and O–H groups in total. The minimum absolute atomic E-state index is 0.119. The van der Waals surface area contributed by atoms with E-state index in [2.05, 4.69) is 20.7 Å². The first kappa shape index (κ1) is 21.1. The number of aryl methyl sites for hydroxylation is 1. The van der Waals surface area contributed by atoms with Gasteiger partial charge in [0.1, 0.15) is 5.75 Å². The molecule has 0 saturated carbocycles. The van der Waals surface area contributed by atoms with Crippen molar-refractivity contribution in [1.82, 2.24) is 15.8 Å². The van der Waals surface area contributed by atoms with Gasteiger partial charge in [-0.25, -0.2) is 4.98 Å². The molecule has 0 unspecified atom stereocenters. The van der Waals surface area contributed by atoms with Crippen molar-refractivity contribution in [2.75, 3.05) is 37.8 Å². The summed E-state index contributed by atoms with van der Waals surface area (Å²) in [6.45, 7) is 5.49. The molecule has 156 valence electrons. The summed E-state index contributed by atoms with van der Waals surface area (Å²) in [5.41, 5.74) is 6.58. The number of ether oxygens (including phenoxy) is 2. The van der Waals surface area contributed by atoms with Crippen LogP contribution >= 0.6 is 11.3 Å². The van der Waals surface area contributed by atoms with Crippen molar-refractivity contribution in [1.29, 1.82) is 0 Å². The Hall–Kier alpha value is -2.65. The van der Waals surface area contributed by atoms with E-state index in [4.69, 9.17) is 9.47 Å². The standard InChI is InChI=1S/C20H26N4O4S/c1-2-28-17-6-4-3-5-15(17)7-8-18(25)22-23-19(26)13-16-14-29-20(21-16)24-9-11-27-12-10-24/h3-6,14H,2,7-13H2,1H3,(H,22,25)(H,23,26). The van der Waals surface area contributed by atoms with Gasteiger partial charge < -0.3 is 14.4 Å². The first-order valence-electron chi connectivity index (χ1n) is 9.71. The number of rotatable bonds is 8. The number of para-hydroxylation sites is 1. The van der Waals surface area contributed by atoms with Gasteiger partial charge in [-0.3, -0.25) is 20.4 Å². The van der Waals surface area contributed by atoms with Gasteiger partial charge >= 0.3 is 0 Å². The van der Waals surface area contributed by atoms with E-state index in [1.54, 1.807) is 0 Å². The molecule has 3 rings (SSSR count). The topological polar surface area (TPSA) is 92.8 Å². The zero-order valence-corrected chi connectivity index (χ0v) is 17.3. The Morgan fingerprint density at radius 2 is 1.97 bits per heavy atom. The van der Waals surface area contributed by atoms with Gasteiger partial charge in [0.2, 0.25) is 11.8 Å². The molecule has 2 heterocycles. The van der Waals surface area contributed by atoms with Crippen LogP contribution in [0.15, 0.2) is 29.6 Å². The zero-order valence-electron chi connectivity index (χ0n) is 16.5. The summed E-state index contributed by atoms with van der Waals surface area (Å²) in [6, 6.07) is 7.64. The van der Waals surface area contributed by atoms with Crippen molar-refractivity contribution in [2.24, 2.45) is 0 Å². The highest BCUT2D eigenvalue weighted by atomic mass is 32.1. The van der Waals surface area contributed by atoms with E-state index in [0.29, 0.717) is 31.9 Å². The smallest absolute Gasteiger partial charge is 0.244 e. The lowest BCUT2D eigenvalue weighted by molar-refractivity contribution is -0.128. The molecule has 0 aliphatic carbocycles. The number of thiazole rings is 1. The first-order valence-corrected chi connectivity index (χ1v) is 10.6. The number of hydrogen-bond donors (Lipinski definition) is 2. The van der Waals surface area contributed by atoms with Crippen LogP contribution in [0.3, 0.4) is 0 Å². The van der Waals surface area contributed by atoms with Crippen LogP contribution in [-0.4, -0.2) is 49.7 Å². The van der Waals surface area contributed by atoms with Crippen LogP contribution in [0.1, 0.15) is 24.6 Å². The molecule has 0 radical (unpaired) electrons. The lowest BCUT2D eigenvalue weighted by Crippen LogP contribution is -2.42. The fraction of sp³-hybridized carbons (Fsp3) is 0.450. The average molecular weight is 419 g/mol. The molecule has 1 aliphatic heterocycles. The second-order valence-electron chi connectivity index (χ2n) is 6.53. The molecule has 0 spiro atoms. The number of anilines is 1. The number of nitrogens with zero attached hydrogens (tertiary/aromatic N) is 2. The number of benzene rings is 1. The second kappa shape index (κ2) is 10.8. The van der Waals surface area contributed by atoms with Crippen LogP contribution in [0.2, 0.25) is 0 Å². The predicted molar refractivity (Wildman–Crippen MR) is 111 cm³/mol. The molecule has 29 heavy (non-hydrogen) atoms. The van der Waals surface area contributed by atoms with Gasteiger partial charge in [-0.1, -0.05) is 18.2 Å². The number of carbonyl (C=O) groups excluding carboxylic acids is 2. The summed E-state index contributed by atoms with van der Waals surface area (Å²) < 4.78 is 10.9. The van der Waals surface area contributed by atoms with Crippen molar-refractivity contribution in [3.63, 3.8) is 0 Å². The number of hydrogen-bond acceptors (Lipinski definition) is 7. The minimum atomic E-state index is -0.299. The fourth-order valence-electron chi connectivity index (χ4n) is 2.94. The van der Waals surface area contributed by atoms with Gasteiger partial charge in [-0.05, 0) is 25.0 Å². The van der Waals surface area contributed by atoms with E-state index in [-0.39, 0.29) is 24.7 Å². The maximum Gasteiger partial charge on any atom is 0.244 e. The van der Waals surface area contributed by atoms with E-state index in [0.717, 1.165) is 29.5 Å². The minimum Gasteiger partial charge on any atom is -0.494 e. The van der Waals surface area contributed by atoms with Crippen LogP contribution < -0.4 is 20.5 Å². The largest absolute Gasteiger partial charge is 0.494 e. The molecule has 0 atom stereocenters. The van der Waals surface area contributed by atoms with E-state index in [1.165, 1.54) is 11.3 Å². The summed E-state index contributed by atoms with van der Waals surface area (Å²) in [4.78, 5) is 30.8. The highest BCUT2D eigenvalue weighted by Crippen LogP contribution is 2.22. The number of morpholine rings is 1. The van der Waals surface area contributed by atoms with Gasteiger partial charge in [0, 0.05) is 24.9 Å². The molecule has 2 aromatic rings. The maximum atomic E-state index is 12.1. The molecule has 8 nitrogen and oxygen atoms in total. The van der Waals surface area contributed by atoms with Crippen molar-refractivity contribution >= 4 is 28.3 Å². The monoisotopic (exact) mass is 418 g/mol. The maximum absolute atomic E-state index is 12.1. The number of amides is 2. The lowest BCUT2D eigenvalue weighted by atomic mass is 10.1. The Morgan fingerprint density at radius 3 is 2.76 bits per heavy atom. The Bertz CT molecular complexity index is 820. The molecule has 1 fully saturated rings. The van der Waals surface area contributed by atoms with Crippen LogP contribution in [0, 0.1) is 0 Å². The van der Waals surface area contributed by atoms with Crippen molar-refractivity contribution in [2.45, 2.75) is 26.2 Å². The van der Waals surface area contributed by atoms with E-state index >= 15 is 0 Å². The van der Waals surface area contributed by atoms with Crippen LogP contribution in [0.5, 0.6) is 5.75 Å². The Labute approximate surface area is 174 Å². The Kier molecular flexibility index (Phi) is 7.83. The molecular formula is C20H26N4O4S. The van der Waals surface area contributed by atoms with Crippen LogP contribution in [0.4, 0.5) is 5.13 Å². The predicted octanol–water partition coefficient (Wildman–Crippen LogP) is 1.70. The van der Waals surface area contributed by atoms with Crippen molar-refractivity contribution in [3.8, 4) is 5.75 Å². The second-order valence-corrected chi connectivity index (χ2v) is 7.37. The molecular weight excluding hydrogens is 392 g/mol. The number of carbonyl (C=O) groups is 2. The molecule has 9 heteroatoms. The van der Waals surface area contributed by atoms with E-state index in [9.17, 15) is 9.59 Å². The van der Waals surface area contributed by atoms with Gasteiger partial charge in [0.25, 0.3) is 0 Å². The molecule has 1 aromatic carbocycles. The number of nitrogens with one attached hydrogen (secondary N) is 2. The molecule has 1 saturated heterocycles. The summed E-state index contributed by atoms with van der Waals surface area (Å²) in [7, 11) is 0. The van der Waals surface area contributed by atoms with Gasteiger partial charge in [-0.2, -0.15) is 0 Å². The van der Waals surface area contributed by atoms with Gasteiger partial charge in [-0.15, -0.1) is 11.3 Å². The number of hydrazine groups is 1. The van der Waals surface area contributed by atoms with E-state index in [1.807, 2.05) is 36.6 Å². The summed E-state index contributed by atoms with van der Waals surface area (Å²) in [5.74, 6) is 0.232. The fourth-order valence-corrected chi connectivity index (χ4v) is 3.82. The molecule has 2 amide bonds. The van der Waals surface area contributed by atoms with Crippen LogP contribution in [0.25, 0.3) is 0 Å². The highest BCUT2D eigenvalue weighted by molar-refractivity contribution is 7.13. The Morgan fingerprint density at radius 1 is 1.21 bits per heavy atom. The summed E-state index contributed by atoms with van der Waals surface area (Å²) >= 11 is 1.51. The summed E-state index contributed by atoms with van der Waals surface area (Å²) in [5, 5.41) is 2.77. The zero-order chi connectivity index (χ0) is 20.5. The quantitative estimate of drug-likeness (QED) is 0.634. The first-order chi connectivity index (χ1) is 14.2. The highest BCUT2D eigenvalue weighted by Gasteiger charge is 2.16. The van der Waals surface area contributed by atoms with E-state index < -0.39 is 0 Å². The van der Waals surface area contributed by atoms with Crippen molar-refractivity contribution in [3.05, 3.63) is 40.9 Å². The third-order valence-corrected chi connectivity index (χ3v) is 5.35. The third kappa shape index (κ3) is 6.43. The third-order valence-electron chi connectivity index (χ3n) is 4.40. The average Bonchev–Trinajstić information content (AvgIpc) is 3.21. The van der Waals surface area contributed by atoms with Crippen LogP contribution in [-0.2, 0) is 27.2 Å². The SMILES string of the molecule is CCOc1ccccc1CCC(=O)NNC(=O)Cc1csc(N2CCOCC2)n1. The molecule has 1 aromatic heterocycles. The summed E-state index contributed by atoms with van der Waals surface area (Å²) in [6.07, 6.45) is 0.906. The van der Waals surface area contributed by atoms with Gasteiger partial charge in [0.05, 0.1) is 31.9 Å². The lowest BCUT2D eigenvalue weighted by Gasteiger charge is -2.26. The van der Waals surface area contributed by atoms with Gasteiger partial charge in [0.15, 0.2) is 5.13 Å². The Balaban J connectivity index is 1.40. The van der Waals surface area contributed by atoms with Crippen molar-refractivity contribution < 1.29 is 19.1 Å². The number of aromatic nitrogens is 1. The molecule has 1 aliphatic rings. The normalized spacial score (nSPS) is 13.8. The molecule has 0 bridgehead atoms.